The minimum absolute atomic E-state index is 0.00165. The van der Waals surface area contributed by atoms with Crippen LogP contribution in [0.25, 0.3) is 11.4 Å². The Balaban J connectivity index is 2.33. The van der Waals surface area contributed by atoms with E-state index < -0.39 is 0 Å². The summed E-state index contributed by atoms with van der Waals surface area (Å²) in [4.78, 5) is 4.32. The monoisotopic (exact) mass is 247 g/mol. The maximum absolute atomic E-state index is 5.70. The topological polar surface area (TPSA) is 74.2 Å². The van der Waals surface area contributed by atoms with Crippen LogP contribution in [0.15, 0.2) is 22.7 Å². The van der Waals surface area contributed by atoms with Crippen molar-refractivity contribution in [2.24, 2.45) is 5.73 Å². The first-order valence-electron chi connectivity index (χ1n) is 5.83. The van der Waals surface area contributed by atoms with Gasteiger partial charge < -0.3 is 15.0 Å². The molecule has 5 nitrogen and oxygen atoms in total. The highest BCUT2D eigenvalue weighted by Gasteiger charge is 2.14. The molecule has 1 unspecified atom stereocenters. The third-order valence-corrected chi connectivity index (χ3v) is 2.56. The average Bonchev–Trinajstić information content (AvgIpc) is 2.76. The normalized spacial score (nSPS) is 12.4. The van der Waals surface area contributed by atoms with Gasteiger partial charge >= 0.3 is 0 Å². The molecule has 2 N–H and O–H groups in total. The molecule has 0 aliphatic heterocycles. The lowest BCUT2D eigenvalue weighted by atomic mass is 10.1. The zero-order valence-electron chi connectivity index (χ0n) is 10.8. The fraction of sp³-hybridized carbons (Fsp3) is 0.385. The van der Waals surface area contributed by atoms with Crippen molar-refractivity contribution in [3.8, 4) is 17.1 Å². The first-order valence-corrected chi connectivity index (χ1v) is 5.83. The number of nitrogens with zero attached hydrogens (tertiary/aromatic N) is 2. The van der Waals surface area contributed by atoms with Crippen molar-refractivity contribution in [2.45, 2.75) is 26.3 Å². The van der Waals surface area contributed by atoms with E-state index in [-0.39, 0.29) is 6.04 Å². The minimum atomic E-state index is -0.00165. The van der Waals surface area contributed by atoms with Gasteiger partial charge in [-0.3, -0.25) is 0 Å². The van der Waals surface area contributed by atoms with Crippen LogP contribution in [0.4, 0.5) is 0 Å². The molecule has 0 saturated carbocycles. The summed E-state index contributed by atoms with van der Waals surface area (Å²) in [6, 6.07) is 5.85. The number of ether oxygens (including phenoxy) is 1. The third-order valence-electron chi connectivity index (χ3n) is 2.56. The SMILES string of the molecule is COc1cc(C)ccc1-c1noc(CC(C)N)n1. The number of nitrogens with two attached hydrogens (primary N) is 1. The first-order chi connectivity index (χ1) is 8.60. The Morgan fingerprint density at radius 3 is 2.89 bits per heavy atom. The second kappa shape index (κ2) is 5.18. The molecule has 0 aliphatic rings. The van der Waals surface area contributed by atoms with Gasteiger partial charge in [0.25, 0.3) is 0 Å². The van der Waals surface area contributed by atoms with E-state index in [9.17, 15) is 0 Å². The van der Waals surface area contributed by atoms with Crippen LogP contribution >= 0.6 is 0 Å². The van der Waals surface area contributed by atoms with E-state index in [1.165, 1.54) is 0 Å². The van der Waals surface area contributed by atoms with Crippen LogP contribution < -0.4 is 10.5 Å². The van der Waals surface area contributed by atoms with E-state index in [0.717, 1.165) is 16.9 Å². The Bertz CT molecular complexity index is 535. The number of aromatic nitrogens is 2. The van der Waals surface area contributed by atoms with Crippen LogP contribution in [0.2, 0.25) is 0 Å². The molecule has 2 aromatic rings. The van der Waals surface area contributed by atoms with Gasteiger partial charge in [-0.15, -0.1) is 0 Å². The lowest BCUT2D eigenvalue weighted by molar-refractivity contribution is 0.371. The van der Waals surface area contributed by atoms with Gasteiger partial charge in [0.2, 0.25) is 11.7 Å². The van der Waals surface area contributed by atoms with Crippen molar-refractivity contribution in [3.05, 3.63) is 29.7 Å². The molecule has 0 saturated heterocycles. The van der Waals surface area contributed by atoms with Crippen molar-refractivity contribution in [1.29, 1.82) is 0 Å². The van der Waals surface area contributed by atoms with Crippen molar-refractivity contribution < 1.29 is 9.26 Å². The van der Waals surface area contributed by atoms with Gasteiger partial charge in [0, 0.05) is 12.5 Å². The molecule has 2 rings (SSSR count). The summed E-state index contributed by atoms with van der Waals surface area (Å²) in [5.41, 5.74) is 7.64. The van der Waals surface area contributed by atoms with Crippen LogP contribution in [0.3, 0.4) is 0 Å². The number of rotatable bonds is 4. The molecule has 0 spiro atoms. The molecule has 0 amide bonds. The molecular weight excluding hydrogens is 230 g/mol. The van der Waals surface area contributed by atoms with Crippen LogP contribution in [0, 0.1) is 6.92 Å². The zero-order chi connectivity index (χ0) is 13.1. The van der Waals surface area contributed by atoms with Crippen LogP contribution in [0.5, 0.6) is 5.75 Å². The second-order valence-electron chi connectivity index (χ2n) is 4.40. The Kier molecular flexibility index (Phi) is 3.62. The highest BCUT2D eigenvalue weighted by Crippen LogP contribution is 2.28. The van der Waals surface area contributed by atoms with Crippen LogP contribution in [0.1, 0.15) is 18.4 Å². The third kappa shape index (κ3) is 2.68. The molecule has 0 aliphatic carbocycles. The molecular formula is C13H17N3O2. The summed E-state index contributed by atoms with van der Waals surface area (Å²) in [5.74, 6) is 1.81. The second-order valence-corrected chi connectivity index (χ2v) is 4.40. The molecule has 18 heavy (non-hydrogen) atoms. The molecule has 1 heterocycles. The van der Waals surface area contributed by atoms with Gasteiger partial charge in [-0.05, 0) is 31.5 Å². The molecule has 1 aromatic carbocycles. The van der Waals surface area contributed by atoms with E-state index in [4.69, 9.17) is 15.0 Å². The Morgan fingerprint density at radius 2 is 2.22 bits per heavy atom. The Labute approximate surface area is 106 Å². The molecule has 1 aromatic heterocycles. The summed E-state index contributed by atoms with van der Waals surface area (Å²) in [6.07, 6.45) is 0.571. The van der Waals surface area contributed by atoms with Crippen molar-refractivity contribution in [2.75, 3.05) is 7.11 Å². The van der Waals surface area contributed by atoms with Crippen LogP contribution in [-0.4, -0.2) is 23.3 Å². The highest BCUT2D eigenvalue weighted by molar-refractivity contribution is 5.64. The van der Waals surface area contributed by atoms with Gasteiger partial charge in [-0.1, -0.05) is 11.2 Å². The molecule has 1 atom stereocenters. The minimum Gasteiger partial charge on any atom is -0.496 e. The molecule has 96 valence electrons. The van der Waals surface area contributed by atoms with E-state index in [1.54, 1.807) is 7.11 Å². The zero-order valence-corrected chi connectivity index (χ0v) is 10.8. The Morgan fingerprint density at radius 1 is 1.44 bits per heavy atom. The lowest BCUT2D eigenvalue weighted by Gasteiger charge is -2.05. The number of aryl methyl sites for hydroxylation is 1. The summed E-state index contributed by atoms with van der Waals surface area (Å²) < 4.78 is 10.5. The fourth-order valence-electron chi connectivity index (χ4n) is 1.71. The summed E-state index contributed by atoms with van der Waals surface area (Å²) in [6.45, 7) is 3.90. The van der Waals surface area contributed by atoms with Gasteiger partial charge in [-0.25, -0.2) is 0 Å². The van der Waals surface area contributed by atoms with E-state index in [0.29, 0.717) is 18.1 Å². The predicted molar refractivity (Wildman–Crippen MR) is 68.4 cm³/mol. The maximum Gasteiger partial charge on any atom is 0.228 e. The van der Waals surface area contributed by atoms with E-state index in [1.807, 2.05) is 32.0 Å². The van der Waals surface area contributed by atoms with Crippen molar-refractivity contribution >= 4 is 0 Å². The quantitative estimate of drug-likeness (QED) is 0.893. The lowest BCUT2D eigenvalue weighted by Crippen LogP contribution is -2.17. The average molecular weight is 247 g/mol. The van der Waals surface area contributed by atoms with E-state index >= 15 is 0 Å². The maximum atomic E-state index is 5.70. The van der Waals surface area contributed by atoms with Gasteiger partial charge in [0.05, 0.1) is 12.7 Å². The largest absolute Gasteiger partial charge is 0.496 e. The van der Waals surface area contributed by atoms with Gasteiger partial charge in [0.1, 0.15) is 5.75 Å². The van der Waals surface area contributed by atoms with Gasteiger partial charge in [0.15, 0.2) is 0 Å². The van der Waals surface area contributed by atoms with Gasteiger partial charge in [-0.2, -0.15) is 4.98 Å². The Hall–Kier alpha value is -1.88. The summed E-state index contributed by atoms with van der Waals surface area (Å²) in [5, 5.41) is 3.96. The van der Waals surface area contributed by atoms with E-state index in [2.05, 4.69) is 10.1 Å². The number of hydrogen-bond donors (Lipinski definition) is 1. The first kappa shape index (κ1) is 12.6. The number of methoxy groups -OCH3 is 1. The molecule has 0 fully saturated rings. The standard InChI is InChI=1S/C13H17N3O2/c1-8-4-5-10(11(6-8)17-3)13-15-12(18-16-13)7-9(2)14/h4-6,9H,7,14H2,1-3H3. The van der Waals surface area contributed by atoms with Crippen molar-refractivity contribution in [1.82, 2.24) is 10.1 Å². The summed E-state index contributed by atoms with van der Waals surface area (Å²) in [7, 11) is 1.63. The summed E-state index contributed by atoms with van der Waals surface area (Å²) >= 11 is 0. The predicted octanol–water partition coefficient (Wildman–Crippen LogP) is 1.94. The van der Waals surface area contributed by atoms with Crippen LogP contribution in [-0.2, 0) is 6.42 Å². The molecule has 5 heteroatoms. The molecule has 0 radical (unpaired) electrons. The fourth-order valence-corrected chi connectivity index (χ4v) is 1.71. The number of benzene rings is 1. The number of hydrogen-bond acceptors (Lipinski definition) is 5. The smallest absolute Gasteiger partial charge is 0.228 e. The molecule has 0 bridgehead atoms. The van der Waals surface area contributed by atoms with Crippen molar-refractivity contribution in [3.63, 3.8) is 0 Å². The highest BCUT2D eigenvalue weighted by atomic mass is 16.5.